The molecule has 102 valence electrons. The molecule has 5 nitrogen and oxygen atoms in total. The molecule has 0 amide bonds. The fraction of sp³-hybridized carbons (Fsp3) is 0.846. The molecule has 0 aromatic carbocycles. The first-order valence-electron chi connectivity index (χ1n) is 7.10. The van der Waals surface area contributed by atoms with Crippen molar-refractivity contribution >= 4 is 5.82 Å². The lowest BCUT2D eigenvalue weighted by Crippen LogP contribution is -2.51. The lowest BCUT2D eigenvalue weighted by Gasteiger charge is -2.40. The summed E-state index contributed by atoms with van der Waals surface area (Å²) in [5.41, 5.74) is 0. The number of aromatic nitrogens is 3. The summed E-state index contributed by atoms with van der Waals surface area (Å²) in [5, 5.41) is 11.7. The van der Waals surface area contributed by atoms with E-state index >= 15 is 0 Å². The molecule has 0 bridgehead atoms. The number of hydrogen-bond acceptors (Lipinski definition) is 4. The molecule has 0 radical (unpaired) electrons. The van der Waals surface area contributed by atoms with Gasteiger partial charge in [-0.05, 0) is 39.7 Å². The predicted molar refractivity (Wildman–Crippen MR) is 73.8 cm³/mol. The van der Waals surface area contributed by atoms with Gasteiger partial charge in [-0.2, -0.15) is 0 Å². The lowest BCUT2D eigenvalue weighted by atomic mass is 9.96. The second-order valence-electron chi connectivity index (χ2n) is 5.15. The Morgan fingerprint density at radius 3 is 3.06 bits per heavy atom. The number of aryl methyl sites for hydroxylation is 1. The smallest absolute Gasteiger partial charge is 0.147 e. The normalized spacial score (nSPS) is 22.2. The van der Waals surface area contributed by atoms with Crippen LogP contribution in [0.2, 0.25) is 0 Å². The van der Waals surface area contributed by atoms with Crippen molar-refractivity contribution in [2.75, 3.05) is 18.5 Å². The van der Waals surface area contributed by atoms with E-state index in [2.05, 4.69) is 34.4 Å². The summed E-state index contributed by atoms with van der Waals surface area (Å²) < 4.78 is 2.04. The standard InChI is InChI=1S/C13H25N5/c1-4-8-18-13(10-15-16-18)17-9-6-5-7-12(17)11(2)14-3/h10-12,14H,4-9H2,1-3H3. The molecule has 1 aromatic rings. The fourth-order valence-electron chi connectivity index (χ4n) is 2.80. The monoisotopic (exact) mass is 251 g/mol. The molecule has 2 atom stereocenters. The van der Waals surface area contributed by atoms with Crippen LogP contribution in [0.25, 0.3) is 0 Å². The number of anilines is 1. The van der Waals surface area contributed by atoms with E-state index in [0.29, 0.717) is 12.1 Å². The molecular weight excluding hydrogens is 226 g/mol. The first-order chi connectivity index (χ1) is 8.77. The molecule has 2 rings (SSSR count). The number of likely N-dealkylation sites (N-methyl/N-ethyl adjacent to an activating group) is 1. The maximum atomic E-state index is 4.21. The highest BCUT2D eigenvalue weighted by Gasteiger charge is 2.28. The lowest BCUT2D eigenvalue weighted by molar-refractivity contribution is 0.374. The van der Waals surface area contributed by atoms with Crippen LogP contribution in [0.3, 0.4) is 0 Å². The zero-order valence-corrected chi connectivity index (χ0v) is 11.8. The highest BCUT2D eigenvalue weighted by molar-refractivity contribution is 5.39. The van der Waals surface area contributed by atoms with E-state index in [1.54, 1.807) is 0 Å². The molecule has 0 aliphatic carbocycles. The van der Waals surface area contributed by atoms with E-state index in [9.17, 15) is 0 Å². The van der Waals surface area contributed by atoms with Gasteiger partial charge in [0.1, 0.15) is 5.82 Å². The van der Waals surface area contributed by atoms with E-state index in [1.165, 1.54) is 25.1 Å². The van der Waals surface area contributed by atoms with Crippen molar-refractivity contribution in [1.82, 2.24) is 20.3 Å². The zero-order chi connectivity index (χ0) is 13.0. The van der Waals surface area contributed by atoms with Crippen LogP contribution >= 0.6 is 0 Å². The second-order valence-corrected chi connectivity index (χ2v) is 5.15. The van der Waals surface area contributed by atoms with E-state index in [4.69, 9.17) is 0 Å². The van der Waals surface area contributed by atoms with E-state index in [0.717, 1.165) is 19.5 Å². The Hall–Kier alpha value is -1.10. The SMILES string of the molecule is CCCn1nncc1N1CCCCC1C(C)NC. The summed E-state index contributed by atoms with van der Waals surface area (Å²) in [5.74, 6) is 1.18. The van der Waals surface area contributed by atoms with Crippen LogP contribution in [0.15, 0.2) is 6.20 Å². The number of nitrogens with zero attached hydrogens (tertiary/aromatic N) is 4. The first-order valence-corrected chi connectivity index (χ1v) is 7.10. The van der Waals surface area contributed by atoms with Crippen molar-refractivity contribution < 1.29 is 0 Å². The van der Waals surface area contributed by atoms with E-state index < -0.39 is 0 Å². The van der Waals surface area contributed by atoms with Gasteiger partial charge in [0.05, 0.1) is 6.20 Å². The largest absolute Gasteiger partial charge is 0.351 e. The third-order valence-corrected chi connectivity index (χ3v) is 3.91. The van der Waals surface area contributed by atoms with E-state index in [1.807, 2.05) is 17.9 Å². The van der Waals surface area contributed by atoms with Crippen LogP contribution in [-0.2, 0) is 6.54 Å². The summed E-state index contributed by atoms with van der Waals surface area (Å²) in [4.78, 5) is 2.49. The molecule has 1 saturated heterocycles. The summed E-state index contributed by atoms with van der Waals surface area (Å²) in [6.45, 7) is 6.51. The maximum absolute atomic E-state index is 4.21. The Morgan fingerprint density at radius 2 is 2.33 bits per heavy atom. The second kappa shape index (κ2) is 6.18. The first kappa shape index (κ1) is 13.3. The molecule has 1 aromatic heterocycles. The van der Waals surface area contributed by atoms with Crippen LogP contribution in [-0.4, -0.2) is 40.7 Å². The fourth-order valence-corrected chi connectivity index (χ4v) is 2.80. The Kier molecular flexibility index (Phi) is 4.58. The topological polar surface area (TPSA) is 46.0 Å². The van der Waals surface area contributed by atoms with Crippen LogP contribution in [0.4, 0.5) is 5.82 Å². The van der Waals surface area contributed by atoms with Crippen molar-refractivity contribution in [2.24, 2.45) is 0 Å². The molecule has 0 spiro atoms. The average molecular weight is 251 g/mol. The van der Waals surface area contributed by atoms with Gasteiger partial charge in [-0.25, -0.2) is 4.68 Å². The average Bonchev–Trinajstić information content (AvgIpc) is 2.86. The van der Waals surface area contributed by atoms with Gasteiger partial charge in [0, 0.05) is 25.2 Å². The number of piperidine rings is 1. The Morgan fingerprint density at radius 1 is 1.50 bits per heavy atom. The molecule has 1 aliphatic rings. The molecule has 2 heterocycles. The number of nitrogens with one attached hydrogen (secondary N) is 1. The van der Waals surface area contributed by atoms with Gasteiger partial charge in [0.2, 0.25) is 0 Å². The molecule has 5 heteroatoms. The van der Waals surface area contributed by atoms with Gasteiger partial charge in [-0.1, -0.05) is 12.1 Å². The summed E-state index contributed by atoms with van der Waals surface area (Å²) in [7, 11) is 2.04. The Labute approximate surface area is 110 Å². The summed E-state index contributed by atoms with van der Waals surface area (Å²) in [6, 6.07) is 1.05. The van der Waals surface area contributed by atoms with Crippen LogP contribution in [0.5, 0.6) is 0 Å². The summed E-state index contributed by atoms with van der Waals surface area (Å²) >= 11 is 0. The van der Waals surface area contributed by atoms with Gasteiger partial charge in [-0.15, -0.1) is 5.10 Å². The minimum absolute atomic E-state index is 0.496. The summed E-state index contributed by atoms with van der Waals surface area (Å²) in [6.07, 6.45) is 6.85. The molecule has 1 fully saturated rings. The van der Waals surface area contributed by atoms with Crippen LogP contribution in [0.1, 0.15) is 39.5 Å². The molecular formula is C13H25N5. The molecule has 2 unspecified atom stereocenters. The Balaban J connectivity index is 2.19. The number of hydrogen-bond donors (Lipinski definition) is 1. The minimum atomic E-state index is 0.496. The zero-order valence-electron chi connectivity index (χ0n) is 11.8. The highest BCUT2D eigenvalue weighted by Crippen LogP contribution is 2.25. The molecule has 1 aliphatic heterocycles. The van der Waals surface area contributed by atoms with Crippen LogP contribution in [0, 0.1) is 0 Å². The maximum Gasteiger partial charge on any atom is 0.147 e. The quantitative estimate of drug-likeness (QED) is 0.864. The van der Waals surface area contributed by atoms with Gasteiger partial charge < -0.3 is 10.2 Å². The van der Waals surface area contributed by atoms with Crippen molar-refractivity contribution in [3.05, 3.63) is 6.20 Å². The predicted octanol–water partition coefficient (Wildman–Crippen LogP) is 1.65. The molecule has 18 heavy (non-hydrogen) atoms. The van der Waals surface area contributed by atoms with Gasteiger partial charge >= 0.3 is 0 Å². The third-order valence-electron chi connectivity index (χ3n) is 3.91. The highest BCUT2D eigenvalue weighted by atomic mass is 15.5. The number of rotatable bonds is 5. The van der Waals surface area contributed by atoms with Crippen molar-refractivity contribution in [2.45, 2.75) is 58.2 Å². The molecule has 0 saturated carbocycles. The van der Waals surface area contributed by atoms with Crippen molar-refractivity contribution in [1.29, 1.82) is 0 Å². The Bertz CT molecular complexity index is 362. The third kappa shape index (κ3) is 2.66. The molecule has 1 N–H and O–H groups in total. The van der Waals surface area contributed by atoms with Gasteiger partial charge in [0.15, 0.2) is 0 Å². The van der Waals surface area contributed by atoms with E-state index in [-0.39, 0.29) is 0 Å². The van der Waals surface area contributed by atoms with Gasteiger partial charge in [0.25, 0.3) is 0 Å². The van der Waals surface area contributed by atoms with Crippen LogP contribution < -0.4 is 10.2 Å². The van der Waals surface area contributed by atoms with Crippen molar-refractivity contribution in [3.63, 3.8) is 0 Å². The minimum Gasteiger partial charge on any atom is -0.351 e. The van der Waals surface area contributed by atoms with Crippen molar-refractivity contribution in [3.8, 4) is 0 Å². The van der Waals surface area contributed by atoms with Gasteiger partial charge in [-0.3, -0.25) is 0 Å².